The lowest BCUT2D eigenvalue weighted by Gasteiger charge is -2.24. The molecule has 1 unspecified atom stereocenters. The number of anilines is 2. The van der Waals surface area contributed by atoms with Crippen molar-refractivity contribution in [3.8, 4) is 0 Å². The molecule has 3 rings (SSSR count). The molecule has 0 saturated carbocycles. The van der Waals surface area contributed by atoms with Gasteiger partial charge in [0.05, 0.1) is 11.5 Å². The molecule has 2 heterocycles. The topological polar surface area (TPSA) is 83.5 Å². The predicted molar refractivity (Wildman–Crippen MR) is 106 cm³/mol. The van der Waals surface area contributed by atoms with E-state index in [2.05, 4.69) is 9.97 Å². The number of carbonyl (C=O) groups excluding carboxylic acids is 1. The van der Waals surface area contributed by atoms with Crippen molar-refractivity contribution >= 4 is 27.4 Å². The molecule has 144 valence electrons. The first-order chi connectivity index (χ1) is 12.8. The number of carbonyl (C=O) groups is 1. The quantitative estimate of drug-likeness (QED) is 0.780. The van der Waals surface area contributed by atoms with Crippen molar-refractivity contribution in [1.82, 2.24) is 9.97 Å². The minimum atomic E-state index is -3.00. The van der Waals surface area contributed by atoms with Crippen LogP contribution in [0.5, 0.6) is 0 Å². The zero-order valence-corrected chi connectivity index (χ0v) is 16.6. The van der Waals surface area contributed by atoms with Gasteiger partial charge in [-0.1, -0.05) is 12.1 Å². The second-order valence-corrected chi connectivity index (χ2v) is 9.03. The van der Waals surface area contributed by atoms with E-state index < -0.39 is 9.84 Å². The number of hydrogen-bond donors (Lipinski definition) is 0. The lowest BCUT2D eigenvalue weighted by atomic mass is 10.2. The Balaban J connectivity index is 1.85. The molecule has 1 aromatic carbocycles. The SMILES string of the molecule is CCN(C(=O)c1ccnc(N(C)C2CCS(=O)(=O)C2)n1)c1cccc(C)c1. The summed E-state index contributed by atoms with van der Waals surface area (Å²) < 4.78 is 23.5. The summed E-state index contributed by atoms with van der Waals surface area (Å²) in [6.07, 6.45) is 2.09. The van der Waals surface area contributed by atoms with E-state index in [1.807, 2.05) is 38.1 Å². The number of amides is 1. The van der Waals surface area contributed by atoms with Gasteiger partial charge >= 0.3 is 0 Å². The fraction of sp³-hybridized carbons (Fsp3) is 0.421. The molecular formula is C19H24N4O3S. The summed E-state index contributed by atoms with van der Waals surface area (Å²) in [5.41, 5.74) is 2.18. The van der Waals surface area contributed by atoms with Crippen molar-refractivity contribution in [3.63, 3.8) is 0 Å². The summed E-state index contributed by atoms with van der Waals surface area (Å²) in [4.78, 5) is 25.1. The number of aromatic nitrogens is 2. The van der Waals surface area contributed by atoms with E-state index >= 15 is 0 Å². The van der Waals surface area contributed by atoms with E-state index in [0.29, 0.717) is 18.9 Å². The highest BCUT2D eigenvalue weighted by Crippen LogP contribution is 2.22. The summed E-state index contributed by atoms with van der Waals surface area (Å²) in [6, 6.07) is 9.17. The molecule has 8 heteroatoms. The lowest BCUT2D eigenvalue weighted by molar-refractivity contribution is 0.0983. The van der Waals surface area contributed by atoms with Gasteiger partial charge in [-0.3, -0.25) is 4.79 Å². The van der Waals surface area contributed by atoms with E-state index in [1.54, 1.807) is 29.1 Å². The standard InChI is InChI=1S/C19H24N4O3S/c1-4-23(15-7-5-6-14(2)12-15)18(24)17-8-10-20-19(21-17)22(3)16-9-11-27(25,26)13-16/h5-8,10,12,16H,4,9,11,13H2,1-3H3. The van der Waals surface area contributed by atoms with Crippen LogP contribution in [-0.2, 0) is 9.84 Å². The third kappa shape index (κ3) is 4.27. The van der Waals surface area contributed by atoms with E-state index in [-0.39, 0.29) is 29.1 Å². The number of sulfone groups is 1. The predicted octanol–water partition coefficient (Wildman–Crippen LogP) is 2.08. The molecule has 1 atom stereocenters. The Kier molecular flexibility index (Phi) is 5.46. The Hall–Kier alpha value is -2.48. The van der Waals surface area contributed by atoms with Crippen LogP contribution in [0.2, 0.25) is 0 Å². The lowest BCUT2D eigenvalue weighted by Crippen LogP contribution is -2.35. The van der Waals surface area contributed by atoms with Crippen LogP contribution in [0.4, 0.5) is 11.6 Å². The number of nitrogens with zero attached hydrogens (tertiary/aromatic N) is 4. The van der Waals surface area contributed by atoms with Crippen molar-refractivity contribution in [2.75, 3.05) is 34.9 Å². The number of rotatable bonds is 5. The Morgan fingerprint density at radius 1 is 1.30 bits per heavy atom. The molecule has 0 N–H and O–H groups in total. The van der Waals surface area contributed by atoms with E-state index in [4.69, 9.17) is 0 Å². The highest BCUT2D eigenvalue weighted by molar-refractivity contribution is 7.91. The van der Waals surface area contributed by atoms with Gasteiger partial charge in [0.1, 0.15) is 5.69 Å². The summed E-state index contributed by atoms with van der Waals surface area (Å²) in [6.45, 7) is 4.41. The van der Waals surface area contributed by atoms with Crippen LogP contribution >= 0.6 is 0 Å². The van der Waals surface area contributed by atoms with Crippen LogP contribution in [0, 0.1) is 6.92 Å². The van der Waals surface area contributed by atoms with Crippen molar-refractivity contribution in [3.05, 3.63) is 47.8 Å². The minimum Gasteiger partial charge on any atom is -0.340 e. The largest absolute Gasteiger partial charge is 0.340 e. The smallest absolute Gasteiger partial charge is 0.277 e. The van der Waals surface area contributed by atoms with Crippen LogP contribution in [-0.4, -0.2) is 55.4 Å². The second kappa shape index (κ2) is 7.64. The summed E-state index contributed by atoms with van der Waals surface area (Å²) in [7, 11) is -1.23. The van der Waals surface area contributed by atoms with Gasteiger partial charge < -0.3 is 9.80 Å². The third-order valence-electron chi connectivity index (χ3n) is 4.81. The van der Waals surface area contributed by atoms with Gasteiger partial charge in [-0.05, 0) is 44.0 Å². The van der Waals surface area contributed by atoms with Crippen molar-refractivity contribution < 1.29 is 13.2 Å². The van der Waals surface area contributed by atoms with Gasteiger partial charge in [-0.25, -0.2) is 18.4 Å². The molecule has 7 nitrogen and oxygen atoms in total. The molecule has 0 spiro atoms. The molecule has 0 bridgehead atoms. The summed E-state index contributed by atoms with van der Waals surface area (Å²) in [5.74, 6) is 0.426. The Labute approximate surface area is 160 Å². The summed E-state index contributed by atoms with van der Waals surface area (Å²) in [5, 5.41) is 0. The molecular weight excluding hydrogens is 364 g/mol. The van der Waals surface area contributed by atoms with E-state index in [0.717, 1.165) is 11.3 Å². The molecule has 1 fully saturated rings. The van der Waals surface area contributed by atoms with Crippen molar-refractivity contribution in [2.45, 2.75) is 26.3 Å². The Morgan fingerprint density at radius 3 is 2.70 bits per heavy atom. The average molecular weight is 388 g/mol. The zero-order chi connectivity index (χ0) is 19.6. The Bertz CT molecular complexity index is 945. The maximum atomic E-state index is 13.0. The highest BCUT2D eigenvalue weighted by Gasteiger charge is 2.32. The van der Waals surface area contributed by atoms with Crippen LogP contribution in [0.3, 0.4) is 0 Å². The van der Waals surface area contributed by atoms with Gasteiger partial charge in [-0.15, -0.1) is 0 Å². The minimum absolute atomic E-state index is 0.0927. The molecule has 2 aromatic rings. The zero-order valence-electron chi connectivity index (χ0n) is 15.8. The fourth-order valence-corrected chi connectivity index (χ4v) is 5.03. The van der Waals surface area contributed by atoms with Crippen LogP contribution in [0.25, 0.3) is 0 Å². The van der Waals surface area contributed by atoms with Gasteiger partial charge in [0.25, 0.3) is 5.91 Å². The van der Waals surface area contributed by atoms with Crippen molar-refractivity contribution in [1.29, 1.82) is 0 Å². The number of aryl methyl sites for hydroxylation is 1. The molecule has 1 amide bonds. The fourth-order valence-electron chi connectivity index (χ4n) is 3.26. The monoisotopic (exact) mass is 388 g/mol. The first-order valence-electron chi connectivity index (χ1n) is 8.95. The van der Waals surface area contributed by atoms with E-state index in [1.165, 1.54) is 0 Å². The second-order valence-electron chi connectivity index (χ2n) is 6.80. The van der Waals surface area contributed by atoms with E-state index in [9.17, 15) is 13.2 Å². The van der Waals surface area contributed by atoms with Crippen LogP contribution in [0.15, 0.2) is 36.5 Å². The molecule has 0 aliphatic carbocycles. The first kappa shape index (κ1) is 19.3. The molecule has 1 saturated heterocycles. The third-order valence-corrected chi connectivity index (χ3v) is 6.56. The summed E-state index contributed by atoms with van der Waals surface area (Å²) >= 11 is 0. The number of hydrogen-bond acceptors (Lipinski definition) is 6. The van der Waals surface area contributed by atoms with Gasteiger partial charge in [-0.2, -0.15) is 0 Å². The number of benzene rings is 1. The maximum absolute atomic E-state index is 13.0. The van der Waals surface area contributed by atoms with Crippen molar-refractivity contribution in [2.24, 2.45) is 0 Å². The molecule has 1 aliphatic rings. The van der Waals surface area contributed by atoms with Gasteiger partial charge in [0.15, 0.2) is 9.84 Å². The maximum Gasteiger partial charge on any atom is 0.277 e. The Morgan fingerprint density at radius 2 is 2.07 bits per heavy atom. The van der Waals surface area contributed by atoms with Crippen LogP contribution in [0.1, 0.15) is 29.4 Å². The van der Waals surface area contributed by atoms with Crippen LogP contribution < -0.4 is 9.80 Å². The highest BCUT2D eigenvalue weighted by atomic mass is 32.2. The molecule has 1 aromatic heterocycles. The average Bonchev–Trinajstić information content (AvgIpc) is 3.01. The normalized spacial score (nSPS) is 18.3. The van der Waals surface area contributed by atoms with Gasteiger partial charge in [0.2, 0.25) is 5.95 Å². The molecule has 0 radical (unpaired) electrons. The van der Waals surface area contributed by atoms with Gasteiger partial charge in [0, 0.05) is 31.5 Å². The molecule has 1 aliphatic heterocycles. The molecule has 27 heavy (non-hydrogen) atoms. The first-order valence-corrected chi connectivity index (χ1v) is 10.8.